The van der Waals surface area contributed by atoms with Crippen molar-refractivity contribution in [2.24, 2.45) is 0 Å². The third-order valence-electron chi connectivity index (χ3n) is 1.99. The van der Waals surface area contributed by atoms with Crippen LogP contribution >= 0.6 is 0 Å². The Balaban J connectivity index is 2.79. The number of rotatable bonds is 1. The van der Waals surface area contributed by atoms with Crippen LogP contribution in [-0.4, -0.2) is 12.3 Å². The van der Waals surface area contributed by atoms with Crippen LogP contribution in [0, 0.1) is 0 Å². The summed E-state index contributed by atoms with van der Waals surface area (Å²) in [6.07, 6.45) is 1.84. The predicted molar refractivity (Wildman–Crippen MR) is 53.0 cm³/mol. The Morgan fingerprint density at radius 1 is 1.17 bits per heavy atom. The van der Waals surface area contributed by atoms with E-state index in [2.05, 4.69) is 18.3 Å². The third kappa shape index (κ3) is 1.09. The topological polar surface area (TPSA) is 12.9 Å². The highest BCUT2D eigenvalue weighted by molar-refractivity contribution is 6.55. The van der Waals surface area contributed by atoms with Crippen molar-refractivity contribution >= 4 is 23.6 Å². The largest absolute Gasteiger partial charge is 0.256 e. The quantitative estimate of drug-likeness (QED) is 0.568. The normalized spacial score (nSPS) is 10.1. The molecule has 2 aromatic rings. The molecule has 0 amide bonds. The van der Waals surface area contributed by atoms with Gasteiger partial charge in [-0.05, 0) is 17.5 Å². The summed E-state index contributed by atoms with van der Waals surface area (Å²) in [6, 6.07) is 10.2. The van der Waals surface area contributed by atoms with Gasteiger partial charge in [-0.25, -0.2) is 0 Å². The number of hydrogen-bond acceptors (Lipinski definition) is 1. The maximum Gasteiger partial charge on any atom is 0.149 e. The van der Waals surface area contributed by atoms with E-state index in [-0.39, 0.29) is 0 Å². The van der Waals surface area contributed by atoms with Gasteiger partial charge in [0, 0.05) is 6.20 Å². The van der Waals surface area contributed by atoms with Gasteiger partial charge in [0.05, 0.1) is 5.52 Å². The van der Waals surface area contributed by atoms with E-state index in [9.17, 15) is 0 Å². The molecule has 0 aliphatic heterocycles. The molecule has 0 aliphatic carbocycles. The van der Waals surface area contributed by atoms with Gasteiger partial charge in [-0.1, -0.05) is 30.5 Å². The highest BCUT2D eigenvalue weighted by Crippen LogP contribution is 2.06. The number of benzene rings is 1. The molecule has 0 fully saturated rings. The second-order valence-electron chi connectivity index (χ2n) is 2.71. The summed E-state index contributed by atoms with van der Waals surface area (Å²) in [6.45, 7) is 2.04. The molecule has 57 valence electrons. The van der Waals surface area contributed by atoms with Crippen LogP contribution in [-0.2, 0) is 0 Å². The van der Waals surface area contributed by atoms with Crippen LogP contribution in [0.15, 0.2) is 36.5 Å². The Labute approximate surface area is 72.7 Å². The first-order chi connectivity index (χ1) is 5.92. The molecule has 1 heterocycles. The zero-order chi connectivity index (χ0) is 8.39. The van der Waals surface area contributed by atoms with Gasteiger partial charge < -0.3 is 0 Å². The van der Waals surface area contributed by atoms with E-state index in [0.29, 0.717) is 0 Å². The van der Waals surface area contributed by atoms with Crippen LogP contribution in [0.4, 0.5) is 0 Å². The molecule has 0 bridgehead atoms. The second-order valence-corrected chi connectivity index (χ2v) is 2.71. The zero-order valence-corrected chi connectivity index (χ0v) is 6.99. The summed E-state index contributed by atoms with van der Waals surface area (Å²) in [7, 11) is 2.10. The van der Waals surface area contributed by atoms with E-state index < -0.39 is 0 Å². The summed E-state index contributed by atoms with van der Waals surface area (Å²) in [5, 5.41) is 1.22. The molecule has 0 N–H and O–H groups in total. The summed E-state index contributed by atoms with van der Waals surface area (Å²) in [5.74, 6) is 0. The highest BCUT2D eigenvalue weighted by Gasteiger charge is 1.97. The molecule has 0 atom stereocenters. The van der Waals surface area contributed by atoms with Gasteiger partial charge in [-0.2, -0.15) is 0 Å². The molecule has 1 nitrogen and oxygen atoms in total. The fourth-order valence-corrected chi connectivity index (χ4v) is 1.37. The van der Waals surface area contributed by atoms with Crippen LogP contribution in [0.2, 0.25) is 6.82 Å². The second kappa shape index (κ2) is 2.98. The maximum atomic E-state index is 4.27. The Morgan fingerprint density at radius 3 is 2.83 bits per heavy atom. The van der Waals surface area contributed by atoms with Crippen molar-refractivity contribution < 1.29 is 0 Å². The summed E-state index contributed by atoms with van der Waals surface area (Å²) in [5.41, 5.74) is 2.31. The van der Waals surface area contributed by atoms with Gasteiger partial charge >= 0.3 is 0 Å². The molecular formula is C10H9BN. The van der Waals surface area contributed by atoms with Gasteiger partial charge in [0.15, 0.2) is 0 Å². The molecule has 1 aromatic heterocycles. The van der Waals surface area contributed by atoms with Crippen molar-refractivity contribution in [2.75, 3.05) is 0 Å². The lowest BCUT2D eigenvalue weighted by molar-refractivity contribution is 1.42. The van der Waals surface area contributed by atoms with Crippen LogP contribution in [0.5, 0.6) is 0 Å². The van der Waals surface area contributed by atoms with E-state index in [1.54, 1.807) is 0 Å². The minimum Gasteiger partial charge on any atom is -0.256 e. The monoisotopic (exact) mass is 154 g/mol. The number of fused-ring (bicyclic) bond motifs is 1. The molecule has 0 aliphatic rings. The van der Waals surface area contributed by atoms with E-state index in [4.69, 9.17) is 0 Å². The Morgan fingerprint density at radius 2 is 2.00 bits per heavy atom. The first kappa shape index (κ1) is 7.35. The van der Waals surface area contributed by atoms with Crippen LogP contribution in [0.1, 0.15) is 0 Å². The van der Waals surface area contributed by atoms with Crippen molar-refractivity contribution in [3.63, 3.8) is 0 Å². The minimum absolute atomic E-state index is 1.06. The first-order valence-corrected chi connectivity index (χ1v) is 4.05. The van der Waals surface area contributed by atoms with Gasteiger partial charge in [-0.15, -0.1) is 0 Å². The molecule has 0 unspecified atom stereocenters. The lowest BCUT2D eigenvalue weighted by Gasteiger charge is -2.00. The number of nitrogens with zero attached hydrogens (tertiary/aromatic N) is 1. The van der Waals surface area contributed by atoms with E-state index >= 15 is 0 Å². The van der Waals surface area contributed by atoms with Crippen molar-refractivity contribution in [1.82, 2.24) is 4.98 Å². The number of para-hydroxylation sites is 1. The average Bonchev–Trinajstić information content (AvgIpc) is 2.17. The van der Waals surface area contributed by atoms with Crippen molar-refractivity contribution in [3.05, 3.63) is 36.5 Å². The van der Waals surface area contributed by atoms with Gasteiger partial charge in [0.25, 0.3) is 0 Å². The van der Waals surface area contributed by atoms with E-state index in [1.807, 2.05) is 37.3 Å². The molecule has 1 radical (unpaired) electrons. The zero-order valence-electron chi connectivity index (χ0n) is 6.99. The van der Waals surface area contributed by atoms with Crippen LogP contribution in [0.25, 0.3) is 10.9 Å². The van der Waals surface area contributed by atoms with Crippen molar-refractivity contribution in [3.8, 4) is 0 Å². The average molecular weight is 154 g/mol. The van der Waals surface area contributed by atoms with Gasteiger partial charge in [-0.3, -0.25) is 4.98 Å². The molecule has 2 heteroatoms. The summed E-state index contributed by atoms with van der Waals surface area (Å²) in [4.78, 5) is 4.27. The lowest BCUT2D eigenvalue weighted by Crippen LogP contribution is -2.11. The molecule has 0 spiro atoms. The lowest BCUT2D eigenvalue weighted by atomic mass is 9.72. The number of hydrogen-bond donors (Lipinski definition) is 0. The Hall–Kier alpha value is -1.31. The van der Waals surface area contributed by atoms with Gasteiger partial charge in [0.2, 0.25) is 0 Å². The molecule has 1 aromatic carbocycles. The van der Waals surface area contributed by atoms with Crippen LogP contribution in [0.3, 0.4) is 0 Å². The van der Waals surface area contributed by atoms with E-state index in [1.165, 1.54) is 10.8 Å². The molecular weight excluding hydrogens is 145 g/mol. The first-order valence-electron chi connectivity index (χ1n) is 4.05. The minimum atomic E-state index is 1.06. The molecule has 2 rings (SSSR count). The fourth-order valence-electron chi connectivity index (χ4n) is 1.37. The predicted octanol–water partition coefficient (Wildman–Crippen LogP) is 1.61. The maximum absolute atomic E-state index is 4.27. The fraction of sp³-hybridized carbons (Fsp3) is 0.100. The number of aromatic nitrogens is 1. The smallest absolute Gasteiger partial charge is 0.149 e. The SMILES string of the molecule is C[B]c1ccnc2ccccc12. The standard InChI is InChI=1S/C10H9BN/c1-11-9-6-7-12-10-5-3-2-4-8(9)10/h2-7H,1H3. The van der Waals surface area contributed by atoms with E-state index in [0.717, 1.165) is 5.52 Å². The van der Waals surface area contributed by atoms with Crippen LogP contribution < -0.4 is 5.46 Å². The Bertz CT molecular complexity index is 392. The molecule has 0 saturated carbocycles. The summed E-state index contributed by atoms with van der Waals surface area (Å²) >= 11 is 0. The molecule has 12 heavy (non-hydrogen) atoms. The highest BCUT2D eigenvalue weighted by atomic mass is 14.6. The van der Waals surface area contributed by atoms with Crippen molar-refractivity contribution in [2.45, 2.75) is 6.82 Å². The molecule has 0 saturated heterocycles. The van der Waals surface area contributed by atoms with Gasteiger partial charge in [0.1, 0.15) is 7.28 Å². The summed E-state index contributed by atoms with van der Waals surface area (Å²) < 4.78 is 0. The van der Waals surface area contributed by atoms with Crippen molar-refractivity contribution in [1.29, 1.82) is 0 Å². The third-order valence-corrected chi connectivity index (χ3v) is 1.99. The Kier molecular flexibility index (Phi) is 1.82. The number of pyridine rings is 1.